The maximum atomic E-state index is 12.3. The molecule has 1 aromatic carbocycles. The van der Waals surface area contributed by atoms with Gasteiger partial charge in [-0.2, -0.15) is 0 Å². The van der Waals surface area contributed by atoms with E-state index >= 15 is 0 Å². The Bertz CT molecular complexity index is 806. The molecule has 2 aromatic rings. The minimum atomic E-state index is -3.67. The van der Waals surface area contributed by atoms with E-state index in [1.54, 1.807) is 12.1 Å². The molecule has 0 amide bonds. The zero-order chi connectivity index (χ0) is 18.4. The first kappa shape index (κ1) is 18.7. The van der Waals surface area contributed by atoms with Crippen molar-refractivity contribution in [3.63, 3.8) is 0 Å². The van der Waals surface area contributed by atoms with Crippen molar-refractivity contribution in [1.82, 2.24) is 4.72 Å². The quantitative estimate of drug-likeness (QED) is 0.747. The van der Waals surface area contributed by atoms with E-state index in [1.807, 2.05) is 0 Å². The van der Waals surface area contributed by atoms with E-state index in [0.29, 0.717) is 23.8 Å². The monoisotopic (exact) mass is 377 g/mol. The molecule has 0 radical (unpaired) electrons. The Kier molecular flexibility index (Phi) is 6.11. The number of sulfonamides is 1. The summed E-state index contributed by atoms with van der Waals surface area (Å²) < 4.78 is 37.5. The lowest BCUT2D eigenvalue weighted by molar-refractivity contribution is 0.0410. The molecule has 3 rings (SSSR count). The third-order valence-corrected chi connectivity index (χ3v) is 6.01. The van der Waals surface area contributed by atoms with Gasteiger partial charge in [0.25, 0.3) is 0 Å². The lowest BCUT2D eigenvalue weighted by atomic mass is 9.90. The second-order valence-corrected chi connectivity index (χ2v) is 8.30. The number of furan rings is 1. The van der Waals surface area contributed by atoms with Crippen molar-refractivity contribution < 1.29 is 22.4 Å². The summed E-state index contributed by atoms with van der Waals surface area (Å²) in [5.41, 5.74) is 0.353. The molecule has 0 spiro atoms. The molecule has 1 aromatic heterocycles. The molecule has 0 unspecified atom stereocenters. The highest BCUT2D eigenvalue weighted by Crippen LogP contribution is 2.24. The zero-order valence-electron chi connectivity index (χ0n) is 14.5. The van der Waals surface area contributed by atoms with Crippen LogP contribution in [0.25, 0.3) is 0 Å². The molecule has 6 nitrogen and oxygen atoms in total. The molecule has 140 valence electrons. The Balaban J connectivity index is 1.55. The number of carbonyl (C=O) groups excluding carboxylic acids is 1. The Labute approximate surface area is 153 Å². The summed E-state index contributed by atoms with van der Waals surface area (Å²) in [6.07, 6.45) is 7.34. The summed E-state index contributed by atoms with van der Waals surface area (Å²) >= 11 is 0. The molecule has 7 heteroatoms. The second-order valence-electron chi connectivity index (χ2n) is 6.53. The van der Waals surface area contributed by atoms with E-state index in [1.165, 1.54) is 49.8 Å². The van der Waals surface area contributed by atoms with Gasteiger partial charge in [0.2, 0.25) is 10.0 Å². The number of benzene rings is 1. The van der Waals surface area contributed by atoms with Gasteiger partial charge in [-0.1, -0.05) is 19.3 Å². The number of hydrogen-bond donors (Lipinski definition) is 1. The van der Waals surface area contributed by atoms with E-state index in [9.17, 15) is 13.2 Å². The molecule has 1 fully saturated rings. The number of rotatable bonds is 7. The highest BCUT2D eigenvalue weighted by atomic mass is 32.2. The fourth-order valence-electron chi connectivity index (χ4n) is 3.06. The van der Waals surface area contributed by atoms with Gasteiger partial charge >= 0.3 is 5.97 Å². The number of hydrogen-bond acceptors (Lipinski definition) is 5. The molecular formula is C19H23NO5S. The van der Waals surface area contributed by atoms with E-state index in [-0.39, 0.29) is 11.4 Å². The Morgan fingerprint density at radius 1 is 1.12 bits per heavy atom. The molecule has 1 saturated carbocycles. The van der Waals surface area contributed by atoms with Crippen LogP contribution in [0.2, 0.25) is 0 Å². The van der Waals surface area contributed by atoms with E-state index in [0.717, 1.165) is 12.8 Å². The van der Waals surface area contributed by atoms with Crippen LogP contribution in [0.5, 0.6) is 0 Å². The number of ether oxygens (including phenoxy) is 1. The van der Waals surface area contributed by atoms with Crippen LogP contribution < -0.4 is 4.72 Å². The van der Waals surface area contributed by atoms with Gasteiger partial charge in [-0.05, 0) is 55.2 Å². The minimum absolute atomic E-state index is 0.0700. The third-order valence-electron chi connectivity index (χ3n) is 4.59. The van der Waals surface area contributed by atoms with Crippen molar-refractivity contribution >= 4 is 16.0 Å². The molecule has 0 bridgehead atoms. The molecule has 1 heterocycles. The average molecular weight is 377 g/mol. The molecular weight excluding hydrogens is 354 g/mol. The highest BCUT2D eigenvalue weighted by Gasteiger charge is 2.18. The van der Waals surface area contributed by atoms with Crippen LogP contribution in [0, 0.1) is 5.92 Å². The Hall–Kier alpha value is -2.12. The fraction of sp³-hybridized carbons (Fsp3) is 0.421. The normalized spacial score (nSPS) is 15.7. The van der Waals surface area contributed by atoms with Gasteiger partial charge in [0.05, 0.1) is 29.9 Å². The SMILES string of the molecule is O=C(OCC1CCCCC1)c1ccc(S(=O)(=O)NCc2ccco2)cc1. The van der Waals surface area contributed by atoms with Gasteiger partial charge in [-0.3, -0.25) is 0 Å². The standard InChI is InChI=1S/C19H23NO5S/c21-19(25-14-15-5-2-1-3-6-15)16-8-10-18(11-9-16)26(22,23)20-13-17-7-4-12-24-17/h4,7-12,15,20H,1-3,5-6,13-14H2. The second kappa shape index (κ2) is 8.51. The summed E-state index contributed by atoms with van der Waals surface area (Å²) in [5, 5.41) is 0. The first-order valence-electron chi connectivity index (χ1n) is 8.84. The third kappa shape index (κ3) is 4.95. The Morgan fingerprint density at radius 3 is 2.50 bits per heavy atom. The zero-order valence-corrected chi connectivity index (χ0v) is 15.3. The first-order chi connectivity index (χ1) is 12.5. The minimum Gasteiger partial charge on any atom is -0.468 e. The average Bonchev–Trinajstić information content (AvgIpc) is 3.19. The molecule has 0 aliphatic heterocycles. The maximum Gasteiger partial charge on any atom is 0.338 e. The van der Waals surface area contributed by atoms with Crippen molar-refractivity contribution in [3.8, 4) is 0 Å². The van der Waals surface area contributed by atoms with Crippen LogP contribution in [0.3, 0.4) is 0 Å². The summed E-state index contributed by atoms with van der Waals surface area (Å²) in [4.78, 5) is 12.2. The van der Waals surface area contributed by atoms with Crippen LogP contribution in [-0.4, -0.2) is 21.0 Å². The van der Waals surface area contributed by atoms with Crippen molar-refractivity contribution in [2.24, 2.45) is 5.92 Å². The predicted molar refractivity (Wildman–Crippen MR) is 96.0 cm³/mol. The molecule has 1 aliphatic carbocycles. The largest absolute Gasteiger partial charge is 0.468 e. The van der Waals surface area contributed by atoms with Gasteiger partial charge in [-0.25, -0.2) is 17.9 Å². The van der Waals surface area contributed by atoms with E-state index < -0.39 is 16.0 Å². The number of nitrogens with one attached hydrogen (secondary N) is 1. The topological polar surface area (TPSA) is 85.6 Å². The van der Waals surface area contributed by atoms with E-state index in [4.69, 9.17) is 9.15 Å². The van der Waals surface area contributed by atoms with Crippen molar-refractivity contribution in [2.45, 2.75) is 43.5 Å². The molecule has 0 saturated heterocycles. The lowest BCUT2D eigenvalue weighted by Gasteiger charge is -2.21. The number of carbonyl (C=O) groups is 1. The van der Waals surface area contributed by atoms with Gasteiger partial charge in [0.1, 0.15) is 5.76 Å². The van der Waals surface area contributed by atoms with Crippen LogP contribution in [0.15, 0.2) is 52.0 Å². The predicted octanol–water partition coefficient (Wildman–Crippen LogP) is 3.50. The van der Waals surface area contributed by atoms with Gasteiger partial charge in [0.15, 0.2) is 0 Å². The van der Waals surface area contributed by atoms with Crippen molar-refractivity contribution in [3.05, 3.63) is 54.0 Å². The van der Waals surface area contributed by atoms with E-state index in [2.05, 4.69) is 4.72 Å². The maximum absolute atomic E-state index is 12.3. The van der Waals surface area contributed by atoms with Gasteiger partial charge in [0, 0.05) is 0 Å². The smallest absolute Gasteiger partial charge is 0.338 e. The molecule has 1 aliphatic rings. The Morgan fingerprint density at radius 2 is 1.85 bits per heavy atom. The van der Waals surface area contributed by atoms with Crippen molar-refractivity contribution in [2.75, 3.05) is 6.61 Å². The van der Waals surface area contributed by atoms with Crippen LogP contribution >= 0.6 is 0 Å². The molecule has 26 heavy (non-hydrogen) atoms. The summed E-state index contributed by atoms with van der Waals surface area (Å²) in [6.45, 7) is 0.504. The lowest BCUT2D eigenvalue weighted by Crippen LogP contribution is -2.23. The molecule has 0 atom stereocenters. The summed E-state index contributed by atoms with van der Waals surface area (Å²) in [6, 6.07) is 9.14. The van der Waals surface area contributed by atoms with Crippen LogP contribution in [0.1, 0.15) is 48.2 Å². The first-order valence-corrected chi connectivity index (χ1v) is 10.3. The van der Waals surface area contributed by atoms with Gasteiger partial charge < -0.3 is 9.15 Å². The summed E-state index contributed by atoms with van der Waals surface area (Å²) in [5.74, 6) is 0.553. The number of esters is 1. The fourth-order valence-corrected chi connectivity index (χ4v) is 4.06. The molecule has 1 N–H and O–H groups in total. The van der Waals surface area contributed by atoms with Crippen molar-refractivity contribution in [1.29, 1.82) is 0 Å². The van der Waals surface area contributed by atoms with Crippen LogP contribution in [-0.2, 0) is 21.3 Å². The van der Waals surface area contributed by atoms with Crippen LogP contribution in [0.4, 0.5) is 0 Å². The highest BCUT2D eigenvalue weighted by molar-refractivity contribution is 7.89. The van der Waals surface area contributed by atoms with Gasteiger partial charge in [-0.15, -0.1) is 0 Å². The summed E-state index contributed by atoms with van der Waals surface area (Å²) in [7, 11) is -3.67.